The summed E-state index contributed by atoms with van der Waals surface area (Å²) < 4.78 is 11.4. The van der Waals surface area contributed by atoms with Crippen molar-refractivity contribution in [2.45, 2.75) is 23.5 Å². The highest BCUT2D eigenvalue weighted by Gasteiger charge is 2.64. The summed E-state index contributed by atoms with van der Waals surface area (Å²) in [6.07, 6.45) is 6.24. The van der Waals surface area contributed by atoms with E-state index in [4.69, 9.17) is 9.47 Å². The van der Waals surface area contributed by atoms with Crippen molar-refractivity contribution in [3.8, 4) is 0 Å². The summed E-state index contributed by atoms with van der Waals surface area (Å²) >= 11 is 0. The van der Waals surface area contributed by atoms with E-state index in [-0.39, 0.29) is 17.6 Å². The molecule has 1 aromatic rings. The highest BCUT2D eigenvalue weighted by molar-refractivity contribution is 5.98. The highest BCUT2D eigenvalue weighted by atomic mass is 16.6. The lowest BCUT2D eigenvalue weighted by molar-refractivity contribution is -0.184. The van der Waals surface area contributed by atoms with Gasteiger partial charge < -0.3 is 9.47 Å². The Bertz CT molecular complexity index is 592. The lowest BCUT2D eigenvalue weighted by atomic mass is 9.56. The maximum atomic E-state index is 13.0. The molecule has 0 spiro atoms. The first-order chi connectivity index (χ1) is 10.1. The average Bonchev–Trinajstić information content (AvgIpc) is 2.56. The van der Waals surface area contributed by atoms with Crippen LogP contribution in [0.25, 0.3) is 0 Å². The van der Waals surface area contributed by atoms with Gasteiger partial charge >= 0.3 is 0 Å². The molecule has 0 aliphatic heterocycles. The van der Waals surface area contributed by atoms with Crippen molar-refractivity contribution in [3.63, 3.8) is 0 Å². The third kappa shape index (κ3) is 1.71. The standard InChI is InChI=1S/C18H20O3/c1-4-18(21-3)16(19)14-10-11-17(18,20-2)12-15(14)13-8-6-5-7-9-13/h4-11,14-15H,1,12H2,2-3H3/t14-,15+,17-,18+/m0/s1. The number of hydrogen-bond acceptors (Lipinski definition) is 3. The number of methoxy groups -OCH3 is 2. The van der Waals surface area contributed by atoms with Crippen molar-refractivity contribution in [1.82, 2.24) is 0 Å². The minimum absolute atomic E-state index is 0.0319. The molecule has 1 aromatic carbocycles. The van der Waals surface area contributed by atoms with Gasteiger partial charge in [-0.05, 0) is 18.1 Å². The molecular weight excluding hydrogens is 264 g/mol. The molecule has 1 fully saturated rings. The lowest BCUT2D eigenvalue weighted by Gasteiger charge is -2.55. The minimum atomic E-state index is -1.09. The van der Waals surface area contributed by atoms with Crippen molar-refractivity contribution in [2.24, 2.45) is 5.92 Å². The molecule has 4 rings (SSSR count). The van der Waals surface area contributed by atoms with Crippen molar-refractivity contribution in [2.75, 3.05) is 14.2 Å². The zero-order valence-corrected chi connectivity index (χ0v) is 12.4. The zero-order valence-electron chi connectivity index (χ0n) is 12.4. The molecule has 0 heterocycles. The summed E-state index contributed by atoms with van der Waals surface area (Å²) in [5, 5.41) is 0. The second-order valence-corrected chi connectivity index (χ2v) is 5.71. The van der Waals surface area contributed by atoms with Gasteiger partial charge in [-0.2, -0.15) is 0 Å². The summed E-state index contributed by atoms with van der Waals surface area (Å²) in [5.74, 6) is -0.0429. The molecule has 0 saturated heterocycles. The van der Waals surface area contributed by atoms with Gasteiger partial charge in [-0.25, -0.2) is 0 Å². The normalized spacial score (nSPS) is 37.7. The molecule has 0 N–H and O–H groups in total. The SMILES string of the molecule is C=C[C@@]1(OC)C(=O)[C@H]2C=C[C@]1(OC)C[C@@H]2c1ccccc1. The van der Waals surface area contributed by atoms with E-state index in [1.54, 1.807) is 20.3 Å². The van der Waals surface area contributed by atoms with Crippen LogP contribution in [0.1, 0.15) is 17.9 Å². The van der Waals surface area contributed by atoms with Crippen molar-refractivity contribution >= 4 is 5.78 Å². The van der Waals surface area contributed by atoms with E-state index in [9.17, 15) is 4.79 Å². The number of ether oxygens (including phenoxy) is 2. The Hall–Kier alpha value is -1.71. The van der Waals surface area contributed by atoms with E-state index in [2.05, 4.69) is 18.7 Å². The third-order valence-electron chi connectivity index (χ3n) is 5.03. The Kier molecular flexibility index (Phi) is 3.34. The molecule has 2 bridgehead atoms. The predicted octanol–water partition coefficient (Wildman–Crippen LogP) is 2.89. The van der Waals surface area contributed by atoms with Crippen LogP contribution in [0.3, 0.4) is 0 Å². The fraction of sp³-hybridized carbons (Fsp3) is 0.389. The van der Waals surface area contributed by atoms with Gasteiger partial charge in [0.2, 0.25) is 0 Å². The Morgan fingerprint density at radius 3 is 2.52 bits per heavy atom. The number of carbonyl (C=O) groups excluding carboxylic acids is 1. The Balaban J connectivity index is 2.11. The molecule has 3 aliphatic carbocycles. The molecule has 0 radical (unpaired) electrons. The maximum absolute atomic E-state index is 13.0. The van der Waals surface area contributed by atoms with E-state index < -0.39 is 11.2 Å². The topological polar surface area (TPSA) is 35.5 Å². The van der Waals surface area contributed by atoms with Crippen molar-refractivity contribution in [3.05, 3.63) is 60.7 Å². The second kappa shape index (κ2) is 4.93. The lowest BCUT2D eigenvalue weighted by Crippen LogP contribution is -2.67. The largest absolute Gasteiger partial charge is 0.370 e. The van der Waals surface area contributed by atoms with Crippen molar-refractivity contribution < 1.29 is 14.3 Å². The molecule has 21 heavy (non-hydrogen) atoms. The molecule has 3 heteroatoms. The van der Waals surface area contributed by atoms with E-state index >= 15 is 0 Å². The van der Waals surface area contributed by atoms with E-state index in [1.807, 2.05) is 30.4 Å². The highest BCUT2D eigenvalue weighted by Crippen LogP contribution is 2.54. The van der Waals surface area contributed by atoms with Crippen LogP contribution in [-0.2, 0) is 14.3 Å². The fourth-order valence-corrected chi connectivity index (χ4v) is 3.88. The number of carbonyl (C=O) groups is 1. The van der Waals surface area contributed by atoms with Gasteiger partial charge in [0.05, 0.1) is 0 Å². The van der Waals surface area contributed by atoms with Gasteiger partial charge in [0.1, 0.15) is 5.60 Å². The minimum Gasteiger partial charge on any atom is -0.370 e. The molecule has 3 aliphatic rings. The predicted molar refractivity (Wildman–Crippen MR) is 81.1 cm³/mol. The van der Waals surface area contributed by atoms with Crippen LogP contribution in [0.2, 0.25) is 0 Å². The van der Waals surface area contributed by atoms with Gasteiger partial charge in [-0.15, -0.1) is 0 Å². The molecule has 3 nitrogen and oxygen atoms in total. The number of rotatable bonds is 4. The molecule has 0 amide bonds. The number of benzene rings is 1. The van der Waals surface area contributed by atoms with Crippen LogP contribution in [0, 0.1) is 5.92 Å². The molecule has 1 saturated carbocycles. The van der Waals surface area contributed by atoms with Gasteiger partial charge in [0, 0.05) is 26.1 Å². The Morgan fingerprint density at radius 1 is 1.24 bits per heavy atom. The monoisotopic (exact) mass is 284 g/mol. The first-order valence-corrected chi connectivity index (χ1v) is 7.16. The smallest absolute Gasteiger partial charge is 0.179 e. The van der Waals surface area contributed by atoms with Gasteiger partial charge in [0.15, 0.2) is 11.4 Å². The maximum Gasteiger partial charge on any atom is 0.179 e. The number of hydrogen-bond donors (Lipinski definition) is 0. The van der Waals surface area contributed by atoms with Crippen LogP contribution in [0.4, 0.5) is 0 Å². The van der Waals surface area contributed by atoms with Crippen LogP contribution in [-0.4, -0.2) is 31.2 Å². The van der Waals surface area contributed by atoms with Crippen LogP contribution < -0.4 is 0 Å². The number of Topliss-reactive ketones (excluding diaryl/α,β-unsaturated/α-hetero) is 1. The third-order valence-corrected chi connectivity index (χ3v) is 5.03. The summed E-state index contributed by atoms with van der Waals surface area (Å²) in [7, 11) is 3.18. The average molecular weight is 284 g/mol. The summed E-state index contributed by atoms with van der Waals surface area (Å²) in [4.78, 5) is 13.0. The summed E-state index contributed by atoms with van der Waals surface area (Å²) in [5.41, 5.74) is -0.710. The van der Waals surface area contributed by atoms with Crippen LogP contribution in [0.15, 0.2) is 55.1 Å². The summed E-state index contributed by atoms with van der Waals surface area (Å²) in [6, 6.07) is 10.1. The van der Waals surface area contributed by atoms with Crippen LogP contribution in [0.5, 0.6) is 0 Å². The first-order valence-electron chi connectivity index (χ1n) is 7.16. The van der Waals surface area contributed by atoms with E-state index in [0.29, 0.717) is 6.42 Å². The van der Waals surface area contributed by atoms with Gasteiger partial charge in [-0.1, -0.05) is 49.1 Å². The molecular formula is C18H20O3. The fourth-order valence-electron chi connectivity index (χ4n) is 3.88. The Morgan fingerprint density at radius 2 is 1.95 bits per heavy atom. The number of fused-ring (bicyclic) bond motifs is 2. The van der Waals surface area contributed by atoms with E-state index in [0.717, 1.165) is 5.56 Å². The second-order valence-electron chi connectivity index (χ2n) is 5.71. The molecule has 110 valence electrons. The van der Waals surface area contributed by atoms with Gasteiger partial charge in [-0.3, -0.25) is 4.79 Å². The summed E-state index contributed by atoms with van der Waals surface area (Å²) in [6.45, 7) is 3.83. The van der Waals surface area contributed by atoms with Crippen LogP contribution >= 0.6 is 0 Å². The van der Waals surface area contributed by atoms with Gasteiger partial charge in [0.25, 0.3) is 0 Å². The van der Waals surface area contributed by atoms with Crippen molar-refractivity contribution in [1.29, 1.82) is 0 Å². The quantitative estimate of drug-likeness (QED) is 0.798. The Labute approximate surface area is 125 Å². The number of allylic oxidation sites excluding steroid dienone is 1. The first kappa shape index (κ1) is 14.2. The van der Waals surface area contributed by atoms with E-state index in [1.165, 1.54) is 0 Å². The molecule has 4 atom stereocenters. The number of ketones is 1. The zero-order chi connectivity index (χ0) is 15.1. The molecule has 0 unspecified atom stereocenters. The molecule has 0 aromatic heterocycles.